The minimum atomic E-state index is 0.600. The molecule has 0 radical (unpaired) electrons. The second-order valence-electron chi connectivity index (χ2n) is 7.66. The molecule has 0 aliphatic carbocycles. The van der Waals surface area contributed by atoms with Crippen LogP contribution in [0.25, 0.3) is 28.1 Å². The second-order valence-corrected chi connectivity index (χ2v) is 7.66. The molecule has 0 saturated heterocycles. The molecular weight excluding hydrogens is 398 g/mol. The first kappa shape index (κ1) is 19.8. The minimum Gasteiger partial charge on any atom is -0.354 e. The Kier molecular flexibility index (Phi) is 5.29. The van der Waals surface area contributed by atoms with Crippen molar-refractivity contribution in [1.29, 1.82) is 0 Å². The molecule has 2 aromatic carbocycles. The predicted molar refractivity (Wildman–Crippen MR) is 126 cm³/mol. The molecule has 3 aromatic heterocycles. The molecule has 158 valence electrons. The van der Waals surface area contributed by atoms with Crippen molar-refractivity contribution in [2.24, 2.45) is 0 Å². The number of imidazole rings is 1. The fourth-order valence-electron chi connectivity index (χ4n) is 3.69. The zero-order valence-electron chi connectivity index (χ0n) is 18.0. The average molecular weight is 422 g/mol. The van der Waals surface area contributed by atoms with Gasteiger partial charge in [-0.05, 0) is 44.0 Å². The Hall–Kier alpha value is -4.13. The summed E-state index contributed by atoms with van der Waals surface area (Å²) in [6, 6.07) is 18.4. The summed E-state index contributed by atoms with van der Waals surface area (Å²) in [5, 5.41) is 3.31. The Balaban J connectivity index is 1.39. The topological polar surface area (TPSA) is 81.4 Å². The molecule has 0 aliphatic heterocycles. The van der Waals surface area contributed by atoms with Crippen molar-refractivity contribution in [2.45, 2.75) is 20.3 Å². The van der Waals surface area contributed by atoms with Crippen LogP contribution in [0.4, 0.5) is 5.95 Å². The van der Waals surface area contributed by atoms with Crippen LogP contribution in [0, 0.1) is 13.8 Å². The van der Waals surface area contributed by atoms with E-state index < -0.39 is 0 Å². The van der Waals surface area contributed by atoms with Crippen LogP contribution in [-0.2, 0) is 6.42 Å². The zero-order chi connectivity index (χ0) is 21.9. The first-order chi connectivity index (χ1) is 15.7. The van der Waals surface area contributed by atoms with Crippen LogP contribution in [-0.4, -0.2) is 36.0 Å². The van der Waals surface area contributed by atoms with Crippen LogP contribution >= 0.6 is 0 Å². The normalized spacial score (nSPS) is 11.1. The van der Waals surface area contributed by atoms with Crippen molar-refractivity contribution in [1.82, 2.24) is 29.5 Å². The van der Waals surface area contributed by atoms with Crippen LogP contribution < -0.4 is 5.32 Å². The third kappa shape index (κ3) is 4.05. The summed E-state index contributed by atoms with van der Waals surface area (Å²) >= 11 is 0. The Morgan fingerprint density at radius 2 is 1.78 bits per heavy atom. The van der Waals surface area contributed by atoms with E-state index in [0.29, 0.717) is 5.95 Å². The summed E-state index contributed by atoms with van der Waals surface area (Å²) in [5.74, 6) is 1.37. The molecule has 0 atom stereocenters. The second kappa shape index (κ2) is 8.55. The van der Waals surface area contributed by atoms with Gasteiger partial charge in [-0.15, -0.1) is 0 Å². The lowest BCUT2D eigenvalue weighted by molar-refractivity contribution is 0.953. The maximum absolute atomic E-state index is 4.68. The quantitative estimate of drug-likeness (QED) is 0.433. The molecule has 0 bridgehead atoms. The highest BCUT2D eigenvalue weighted by atomic mass is 15.2. The van der Waals surface area contributed by atoms with E-state index in [1.165, 1.54) is 5.56 Å². The Labute approximate surface area is 186 Å². The lowest BCUT2D eigenvalue weighted by atomic mass is 10.1. The Morgan fingerprint density at radius 1 is 0.906 bits per heavy atom. The van der Waals surface area contributed by atoms with E-state index in [-0.39, 0.29) is 0 Å². The molecule has 5 rings (SSSR count). The van der Waals surface area contributed by atoms with Crippen molar-refractivity contribution >= 4 is 17.0 Å². The zero-order valence-corrected chi connectivity index (χ0v) is 18.0. The number of anilines is 1. The van der Waals surface area contributed by atoms with Gasteiger partial charge in [0, 0.05) is 24.5 Å². The molecule has 32 heavy (non-hydrogen) atoms. The molecule has 0 saturated carbocycles. The van der Waals surface area contributed by atoms with E-state index in [1.807, 2.05) is 42.7 Å². The van der Waals surface area contributed by atoms with Gasteiger partial charge in [0.25, 0.3) is 0 Å². The molecule has 7 nitrogen and oxygen atoms in total. The third-order valence-electron chi connectivity index (χ3n) is 5.32. The SMILES string of the molecule is Cc1cnc(C)c(-c2ccc3c(c2)ncn3-c2ccnc(NCCc3ccccc3)n2)n1. The van der Waals surface area contributed by atoms with Crippen molar-refractivity contribution in [3.63, 3.8) is 0 Å². The van der Waals surface area contributed by atoms with Gasteiger partial charge in [0.05, 0.1) is 28.1 Å². The maximum atomic E-state index is 4.68. The number of hydrogen-bond acceptors (Lipinski definition) is 6. The lowest BCUT2D eigenvalue weighted by Gasteiger charge is -2.08. The van der Waals surface area contributed by atoms with E-state index in [4.69, 9.17) is 0 Å². The highest BCUT2D eigenvalue weighted by Gasteiger charge is 2.11. The molecular formula is C25H23N7. The van der Waals surface area contributed by atoms with Crippen LogP contribution in [0.3, 0.4) is 0 Å². The van der Waals surface area contributed by atoms with Crippen LogP contribution in [0.1, 0.15) is 17.0 Å². The van der Waals surface area contributed by atoms with Crippen LogP contribution in [0.15, 0.2) is 73.3 Å². The maximum Gasteiger partial charge on any atom is 0.224 e. The van der Waals surface area contributed by atoms with Crippen molar-refractivity contribution < 1.29 is 0 Å². The van der Waals surface area contributed by atoms with E-state index in [9.17, 15) is 0 Å². The standard InChI is InChI=1S/C25H23N7/c1-17-15-28-18(2)24(30-17)20-8-9-22-21(14-20)29-16-32(22)23-11-13-27-25(31-23)26-12-10-19-6-4-3-5-7-19/h3-9,11,13-16H,10,12H2,1-2H3,(H,26,27,31). The van der Waals surface area contributed by atoms with Gasteiger partial charge in [0.2, 0.25) is 5.95 Å². The average Bonchev–Trinajstić information content (AvgIpc) is 3.25. The number of fused-ring (bicyclic) bond motifs is 1. The van der Waals surface area contributed by atoms with Crippen LogP contribution in [0.2, 0.25) is 0 Å². The van der Waals surface area contributed by atoms with Crippen molar-refractivity contribution in [3.05, 3.63) is 90.3 Å². The molecule has 0 fully saturated rings. The van der Waals surface area contributed by atoms with Gasteiger partial charge in [-0.1, -0.05) is 36.4 Å². The summed E-state index contributed by atoms with van der Waals surface area (Å²) in [6.45, 7) is 4.68. The van der Waals surface area contributed by atoms with E-state index in [1.54, 1.807) is 18.7 Å². The Morgan fingerprint density at radius 3 is 2.66 bits per heavy atom. The highest BCUT2D eigenvalue weighted by molar-refractivity contribution is 5.82. The molecule has 0 aliphatic rings. The molecule has 0 unspecified atom stereocenters. The smallest absolute Gasteiger partial charge is 0.224 e. The number of aryl methyl sites for hydroxylation is 2. The van der Waals surface area contributed by atoms with Crippen molar-refractivity contribution in [2.75, 3.05) is 11.9 Å². The van der Waals surface area contributed by atoms with E-state index >= 15 is 0 Å². The van der Waals surface area contributed by atoms with E-state index in [2.05, 4.69) is 60.6 Å². The van der Waals surface area contributed by atoms with Gasteiger partial charge in [-0.25, -0.2) is 15.0 Å². The molecule has 5 aromatic rings. The monoisotopic (exact) mass is 421 g/mol. The van der Waals surface area contributed by atoms with Gasteiger partial charge in [0.15, 0.2) is 0 Å². The summed E-state index contributed by atoms with van der Waals surface area (Å²) in [5.41, 5.74) is 6.81. The highest BCUT2D eigenvalue weighted by Crippen LogP contribution is 2.25. The first-order valence-electron chi connectivity index (χ1n) is 10.6. The fraction of sp³-hybridized carbons (Fsp3) is 0.160. The number of aromatic nitrogens is 6. The molecule has 7 heteroatoms. The number of rotatable bonds is 6. The Bertz CT molecular complexity index is 1380. The lowest BCUT2D eigenvalue weighted by Crippen LogP contribution is -2.09. The van der Waals surface area contributed by atoms with Gasteiger partial charge in [0.1, 0.15) is 12.1 Å². The molecule has 3 heterocycles. The molecule has 1 N–H and O–H groups in total. The number of hydrogen-bond donors (Lipinski definition) is 1. The van der Waals surface area contributed by atoms with E-state index in [0.717, 1.165) is 52.5 Å². The fourth-order valence-corrected chi connectivity index (χ4v) is 3.69. The predicted octanol–water partition coefficient (Wildman–Crippen LogP) is 4.54. The summed E-state index contributed by atoms with van der Waals surface area (Å²) in [6.07, 6.45) is 6.25. The van der Waals surface area contributed by atoms with Crippen molar-refractivity contribution in [3.8, 4) is 17.1 Å². The summed E-state index contributed by atoms with van der Waals surface area (Å²) in [7, 11) is 0. The minimum absolute atomic E-state index is 0.600. The number of benzene rings is 2. The summed E-state index contributed by atoms with van der Waals surface area (Å²) < 4.78 is 1.97. The largest absolute Gasteiger partial charge is 0.354 e. The van der Waals surface area contributed by atoms with Gasteiger partial charge in [-0.2, -0.15) is 4.98 Å². The third-order valence-corrected chi connectivity index (χ3v) is 5.32. The number of nitrogens with zero attached hydrogens (tertiary/aromatic N) is 6. The van der Waals surface area contributed by atoms with Gasteiger partial charge >= 0.3 is 0 Å². The molecule has 0 spiro atoms. The molecule has 0 amide bonds. The number of nitrogens with one attached hydrogen (secondary N) is 1. The first-order valence-corrected chi connectivity index (χ1v) is 10.6. The van der Waals surface area contributed by atoms with Gasteiger partial charge in [-0.3, -0.25) is 9.55 Å². The summed E-state index contributed by atoms with van der Waals surface area (Å²) in [4.78, 5) is 22.7. The van der Waals surface area contributed by atoms with Gasteiger partial charge < -0.3 is 5.32 Å². The van der Waals surface area contributed by atoms with Crippen LogP contribution in [0.5, 0.6) is 0 Å².